The number of hydrogen-bond acceptors (Lipinski definition) is 3. The summed E-state index contributed by atoms with van der Waals surface area (Å²) >= 11 is 0. The average molecular weight is 211 g/mol. The Hall–Kier alpha value is -0.130. The van der Waals surface area contributed by atoms with E-state index >= 15 is 0 Å². The highest BCUT2D eigenvalue weighted by Crippen LogP contribution is 1.95. The van der Waals surface area contributed by atoms with Crippen LogP contribution in [0.25, 0.3) is 0 Å². The summed E-state index contributed by atoms with van der Waals surface area (Å²) in [4.78, 5) is 0. The maximum absolute atomic E-state index is 9.56. The van der Waals surface area contributed by atoms with E-state index in [0.717, 1.165) is 0 Å². The molecule has 1 unspecified atom stereocenters. The molecule has 0 saturated heterocycles. The van der Waals surface area contributed by atoms with Crippen LogP contribution in [-0.2, 0) is 10.1 Å². The molecule has 82 valence electrons. The van der Waals surface area contributed by atoms with E-state index in [0.29, 0.717) is 6.04 Å². The third-order valence-corrected chi connectivity index (χ3v) is 2.11. The van der Waals surface area contributed by atoms with Crippen LogP contribution in [0.5, 0.6) is 0 Å². The van der Waals surface area contributed by atoms with E-state index in [1.54, 1.807) is 0 Å². The van der Waals surface area contributed by atoms with Crippen molar-refractivity contribution in [3.8, 4) is 0 Å². The Balaban J connectivity index is 0. The van der Waals surface area contributed by atoms with Gasteiger partial charge >= 0.3 is 0 Å². The topological polar surface area (TPSA) is 80.4 Å². The van der Waals surface area contributed by atoms with E-state index in [9.17, 15) is 8.42 Å². The van der Waals surface area contributed by atoms with Crippen LogP contribution in [0.4, 0.5) is 0 Å². The minimum Gasteiger partial charge on any atom is -0.328 e. The lowest BCUT2D eigenvalue weighted by Crippen LogP contribution is -2.13. The van der Waals surface area contributed by atoms with Crippen molar-refractivity contribution in [1.29, 1.82) is 0 Å². The molecule has 0 bridgehead atoms. The number of nitrogens with two attached hydrogens (primary N) is 1. The van der Waals surface area contributed by atoms with Gasteiger partial charge in [0, 0.05) is 6.04 Å². The molecular formula is C8H21NO3S. The van der Waals surface area contributed by atoms with Crippen molar-refractivity contribution in [2.24, 2.45) is 5.73 Å². The number of rotatable bonds is 4. The lowest BCUT2D eigenvalue weighted by atomic mass is 10.2. The summed E-state index contributed by atoms with van der Waals surface area (Å²) in [6.45, 7) is 5.60. The van der Waals surface area contributed by atoms with Crippen molar-refractivity contribution in [3.63, 3.8) is 0 Å². The zero-order chi connectivity index (χ0) is 10.9. The maximum atomic E-state index is 9.56. The Morgan fingerprint density at radius 3 is 1.85 bits per heavy atom. The van der Waals surface area contributed by atoms with Crippen molar-refractivity contribution in [2.45, 2.75) is 46.1 Å². The summed E-state index contributed by atoms with van der Waals surface area (Å²) in [7, 11) is -3.66. The summed E-state index contributed by atoms with van der Waals surface area (Å²) < 4.78 is 26.9. The Labute approximate surface area is 81.3 Å². The highest BCUT2D eigenvalue weighted by molar-refractivity contribution is 7.85. The SMILES string of the molecule is CCCCC(C)N.CCS(=O)(=O)O. The molecule has 0 heterocycles. The number of unbranched alkanes of at least 4 members (excludes halogenated alkanes) is 1. The molecule has 3 N–H and O–H groups in total. The molecule has 0 aliphatic carbocycles. The molecule has 5 heteroatoms. The second kappa shape index (κ2) is 8.47. The molecule has 0 saturated carbocycles. The summed E-state index contributed by atoms with van der Waals surface area (Å²) in [5.74, 6) is -0.201. The van der Waals surface area contributed by atoms with Gasteiger partial charge in [-0.3, -0.25) is 4.55 Å². The van der Waals surface area contributed by atoms with E-state index in [2.05, 4.69) is 13.8 Å². The van der Waals surface area contributed by atoms with Crippen molar-refractivity contribution in [3.05, 3.63) is 0 Å². The van der Waals surface area contributed by atoms with Crippen molar-refractivity contribution >= 4 is 10.1 Å². The van der Waals surface area contributed by atoms with Crippen LogP contribution < -0.4 is 5.73 Å². The van der Waals surface area contributed by atoms with E-state index in [-0.39, 0.29) is 5.75 Å². The van der Waals surface area contributed by atoms with Crippen LogP contribution in [0.1, 0.15) is 40.0 Å². The summed E-state index contributed by atoms with van der Waals surface area (Å²) in [5.41, 5.74) is 5.48. The fourth-order valence-corrected chi connectivity index (χ4v) is 0.526. The second-order valence-electron chi connectivity index (χ2n) is 2.99. The van der Waals surface area contributed by atoms with Gasteiger partial charge in [0.15, 0.2) is 0 Å². The van der Waals surface area contributed by atoms with Gasteiger partial charge in [-0.05, 0) is 20.3 Å². The normalized spacial score (nSPS) is 13.0. The molecule has 0 aromatic rings. The summed E-state index contributed by atoms with van der Waals surface area (Å²) in [5, 5.41) is 0. The van der Waals surface area contributed by atoms with E-state index < -0.39 is 10.1 Å². The third-order valence-electron chi connectivity index (χ3n) is 1.38. The third kappa shape index (κ3) is 24.5. The molecule has 4 nitrogen and oxygen atoms in total. The molecule has 0 rings (SSSR count). The Kier molecular flexibility index (Phi) is 10.00. The fourth-order valence-electron chi connectivity index (χ4n) is 0.526. The Bertz CT molecular complexity index is 188. The van der Waals surface area contributed by atoms with E-state index in [1.165, 1.54) is 26.2 Å². The van der Waals surface area contributed by atoms with Gasteiger partial charge < -0.3 is 5.73 Å². The zero-order valence-corrected chi connectivity index (χ0v) is 9.47. The summed E-state index contributed by atoms with van der Waals surface area (Å²) in [6, 6.07) is 0.403. The second-order valence-corrected chi connectivity index (χ2v) is 4.73. The van der Waals surface area contributed by atoms with Gasteiger partial charge in [-0.2, -0.15) is 8.42 Å². The van der Waals surface area contributed by atoms with Crippen LogP contribution in [-0.4, -0.2) is 24.8 Å². The molecule has 0 aromatic heterocycles. The predicted octanol–water partition coefficient (Wildman–Crippen LogP) is 1.42. The van der Waals surface area contributed by atoms with Gasteiger partial charge in [-0.15, -0.1) is 0 Å². The van der Waals surface area contributed by atoms with E-state index in [1.807, 2.05) is 0 Å². The van der Waals surface area contributed by atoms with Gasteiger partial charge in [0.05, 0.1) is 5.75 Å². The lowest BCUT2D eigenvalue weighted by Gasteiger charge is -1.99. The van der Waals surface area contributed by atoms with Gasteiger partial charge in [0.25, 0.3) is 10.1 Å². The van der Waals surface area contributed by atoms with Gasteiger partial charge in [0.1, 0.15) is 0 Å². The van der Waals surface area contributed by atoms with Gasteiger partial charge in [0.2, 0.25) is 0 Å². The first-order valence-corrected chi connectivity index (χ1v) is 6.15. The zero-order valence-electron chi connectivity index (χ0n) is 8.66. The molecule has 0 aromatic carbocycles. The van der Waals surface area contributed by atoms with Crippen LogP contribution in [0.3, 0.4) is 0 Å². The largest absolute Gasteiger partial charge is 0.328 e. The molecule has 0 aliphatic heterocycles. The monoisotopic (exact) mass is 211 g/mol. The van der Waals surface area contributed by atoms with Gasteiger partial charge in [-0.25, -0.2) is 0 Å². The van der Waals surface area contributed by atoms with Crippen LogP contribution in [0, 0.1) is 0 Å². The first-order chi connectivity index (χ1) is 5.83. The Morgan fingerprint density at radius 1 is 1.38 bits per heavy atom. The predicted molar refractivity (Wildman–Crippen MR) is 55.3 cm³/mol. The average Bonchev–Trinajstić information content (AvgIpc) is 2.01. The molecule has 1 atom stereocenters. The molecule has 13 heavy (non-hydrogen) atoms. The van der Waals surface area contributed by atoms with Gasteiger partial charge in [-0.1, -0.05) is 19.8 Å². The van der Waals surface area contributed by atoms with Crippen LogP contribution >= 0.6 is 0 Å². The Morgan fingerprint density at radius 2 is 1.77 bits per heavy atom. The molecule has 0 radical (unpaired) electrons. The smallest absolute Gasteiger partial charge is 0.264 e. The van der Waals surface area contributed by atoms with Crippen LogP contribution in [0.2, 0.25) is 0 Å². The standard InChI is InChI=1S/C6H15N.C2H6O3S/c1-3-4-5-6(2)7;1-2-6(3,4)5/h6H,3-5,7H2,1-2H3;2H2,1H3,(H,3,4,5). The molecule has 0 fully saturated rings. The summed E-state index contributed by atoms with van der Waals surface area (Å²) in [6.07, 6.45) is 3.72. The van der Waals surface area contributed by atoms with Crippen molar-refractivity contribution < 1.29 is 13.0 Å². The molecule has 0 amide bonds. The quantitative estimate of drug-likeness (QED) is 0.689. The minimum atomic E-state index is -3.66. The first kappa shape index (κ1) is 15.3. The first-order valence-electron chi connectivity index (χ1n) is 4.54. The maximum Gasteiger partial charge on any atom is 0.264 e. The minimum absolute atomic E-state index is 0.201. The van der Waals surface area contributed by atoms with Crippen molar-refractivity contribution in [1.82, 2.24) is 0 Å². The lowest BCUT2D eigenvalue weighted by molar-refractivity contribution is 0.484. The molecule has 0 spiro atoms. The van der Waals surface area contributed by atoms with E-state index in [4.69, 9.17) is 10.3 Å². The van der Waals surface area contributed by atoms with Crippen molar-refractivity contribution in [2.75, 3.05) is 5.75 Å². The fraction of sp³-hybridized carbons (Fsp3) is 1.00. The highest BCUT2D eigenvalue weighted by atomic mass is 32.2. The number of hydrogen-bond donors (Lipinski definition) is 2. The molecular weight excluding hydrogens is 190 g/mol. The van der Waals surface area contributed by atoms with Crippen LogP contribution in [0.15, 0.2) is 0 Å². The highest BCUT2D eigenvalue weighted by Gasteiger charge is 1.93. The molecule has 0 aliphatic rings.